The largest absolute Gasteiger partial charge is 0.478 e. The molecule has 0 saturated carbocycles. The molecule has 20 heavy (non-hydrogen) atoms. The summed E-state index contributed by atoms with van der Waals surface area (Å²) in [4.78, 5) is 21.1. The minimum Gasteiger partial charge on any atom is -0.478 e. The minimum atomic E-state index is -0.972. The van der Waals surface area contributed by atoms with Crippen molar-refractivity contribution in [2.24, 2.45) is 0 Å². The summed E-state index contributed by atoms with van der Waals surface area (Å²) in [6.45, 7) is 3.68. The third kappa shape index (κ3) is 3.59. The fraction of sp³-hybridized carbons (Fsp3) is 0.308. The van der Waals surface area contributed by atoms with Crippen molar-refractivity contribution >= 4 is 45.0 Å². The second-order valence-corrected chi connectivity index (χ2v) is 6.96. The van der Waals surface area contributed by atoms with Gasteiger partial charge in [-0.25, -0.2) is 14.8 Å². The Labute approximate surface area is 133 Å². The van der Waals surface area contributed by atoms with Crippen LogP contribution in [0.1, 0.15) is 33.7 Å². The summed E-state index contributed by atoms with van der Waals surface area (Å²) in [5.74, 6) is 0.415. The van der Waals surface area contributed by atoms with Crippen LogP contribution in [0.2, 0.25) is 0 Å². The zero-order chi connectivity index (χ0) is 14.7. The van der Waals surface area contributed by atoms with Gasteiger partial charge in [-0.2, -0.15) is 0 Å². The standard InChI is InChI=1S/C13H13BrN2O2S2/c1-3-10-15-7(2)11(13(17)18)12(16-10)20-6-9-4-8(14)5-19-9/h4-5H,3,6H2,1-2H3,(H,17,18). The van der Waals surface area contributed by atoms with Crippen LogP contribution in [0.15, 0.2) is 20.9 Å². The van der Waals surface area contributed by atoms with E-state index >= 15 is 0 Å². The molecule has 0 aromatic carbocycles. The second-order valence-electron chi connectivity index (χ2n) is 4.08. The lowest BCUT2D eigenvalue weighted by molar-refractivity contribution is 0.0690. The van der Waals surface area contributed by atoms with E-state index in [2.05, 4.69) is 25.9 Å². The summed E-state index contributed by atoms with van der Waals surface area (Å²) in [5, 5.41) is 11.9. The van der Waals surface area contributed by atoms with Crippen LogP contribution < -0.4 is 0 Å². The van der Waals surface area contributed by atoms with Crippen LogP contribution in [0.4, 0.5) is 0 Å². The maximum absolute atomic E-state index is 11.4. The number of carboxylic acids is 1. The average Bonchev–Trinajstić information content (AvgIpc) is 2.81. The molecule has 0 aliphatic rings. The van der Waals surface area contributed by atoms with Gasteiger partial charge in [0.25, 0.3) is 0 Å². The number of thioether (sulfide) groups is 1. The van der Waals surface area contributed by atoms with E-state index in [1.54, 1.807) is 18.3 Å². The van der Waals surface area contributed by atoms with E-state index in [9.17, 15) is 9.90 Å². The van der Waals surface area contributed by atoms with Crippen molar-refractivity contribution in [1.82, 2.24) is 9.97 Å². The third-order valence-corrected chi connectivity index (χ3v) is 5.51. The van der Waals surface area contributed by atoms with Crippen molar-refractivity contribution in [3.05, 3.63) is 37.9 Å². The Morgan fingerprint density at radius 2 is 2.25 bits per heavy atom. The van der Waals surface area contributed by atoms with Crippen molar-refractivity contribution < 1.29 is 9.90 Å². The minimum absolute atomic E-state index is 0.211. The Bertz CT molecular complexity index is 643. The molecule has 0 radical (unpaired) electrons. The molecule has 2 aromatic rings. The Balaban J connectivity index is 2.28. The summed E-state index contributed by atoms with van der Waals surface area (Å²) in [7, 11) is 0. The van der Waals surface area contributed by atoms with E-state index in [0.29, 0.717) is 28.7 Å². The highest BCUT2D eigenvalue weighted by Gasteiger charge is 2.18. The molecule has 7 heteroatoms. The predicted molar refractivity (Wildman–Crippen MR) is 84.7 cm³/mol. The fourth-order valence-corrected chi connectivity index (χ4v) is 4.28. The Hall–Kier alpha value is -0.920. The van der Waals surface area contributed by atoms with Crippen molar-refractivity contribution in [2.75, 3.05) is 0 Å². The summed E-state index contributed by atoms with van der Waals surface area (Å²) in [6, 6.07) is 2.03. The molecule has 0 bridgehead atoms. The van der Waals surface area contributed by atoms with Gasteiger partial charge in [0.15, 0.2) is 0 Å². The lowest BCUT2D eigenvalue weighted by Crippen LogP contribution is -2.09. The lowest BCUT2D eigenvalue weighted by atomic mass is 10.2. The predicted octanol–water partition coefficient (Wildman–Crippen LogP) is 4.16. The van der Waals surface area contributed by atoms with Crippen LogP contribution in [0.25, 0.3) is 0 Å². The number of thiophene rings is 1. The molecule has 2 aromatic heterocycles. The van der Waals surface area contributed by atoms with Crippen LogP contribution in [0.5, 0.6) is 0 Å². The van der Waals surface area contributed by atoms with Gasteiger partial charge < -0.3 is 5.11 Å². The molecule has 106 valence electrons. The van der Waals surface area contributed by atoms with Crippen LogP contribution >= 0.6 is 39.0 Å². The number of hydrogen-bond donors (Lipinski definition) is 1. The van der Waals surface area contributed by atoms with Gasteiger partial charge in [0.05, 0.1) is 5.69 Å². The molecule has 0 unspecified atom stereocenters. The van der Waals surface area contributed by atoms with E-state index in [1.807, 2.05) is 18.4 Å². The number of hydrogen-bond acceptors (Lipinski definition) is 5. The first-order chi connectivity index (χ1) is 9.51. The van der Waals surface area contributed by atoms with Crippen LogP contribution in [0, 0.1) is 6.92 Å². The molecule has 0 amide bonds. The first-order valence-corrected chi connectivity index (χ1v) is 8.63. The first-order valence-electron chi connectivity index (χ1n) is 5.97. The highest BCUT2D eigenvalue weighted by atomic mass is 79.9. The monoisotopic (exact) mass is 372 g/mol. The van der Waals surface area contributed by atoms with Gasteiger partial charge in [0.1, 0.15) is 16.4 Å². The number of carboxylic acid groups (broad SMARTS) is 1. The van der Waals surface area contributed by atoms with Gasteiger partial charge in [-0.15, -0.1) is 11.3 Å². The molecule has 0 spiro atoms. The van der Waals surface area contributed by atoms with E-state index < -0.39 is 5.97 Å². The molecular formula is C13H13BrN2O2S2. The molecule has 0 aliphatic heterocycles. The zero-order valence-electron chi connectivity index (χ0n) is 11.0. The Morgan fingerprint density at radius 3 is 2.80 bits per heavy atom. The number of aromatic nitrogens is 2. The van der Waals surface area contributed by atoms with Crippen LogP contribution in [0.3, 0.4) is 0 Å². The highest BCUT2D eigenvalue weighted by Crippen LogP contribution is 2.30. The topological polar surface area (TPSA) is 63.1 Å². The smallest absolute Gasteiger partial charge is 0.340 e. The maximum atomic E-state index is 11.4. The van der Waals surface area contributed by atoms with Crippen LogP contribution in [-0.4, -0.2) is 21.0 Å². The van der Waals surface area contributed by atoms with Crippen molar-refractivity contribution in [2.45, 2.75) is 31.0 Å². The quantitative estimate of drug-likeness (QED) is 0.630. The van der Waals surface area contributed by atoms with Gasteiger partial charge >= 0.3 is 5.97 Å². The Kier molecular flexibility index (Phi) is 5.17. The number of aromatic carboxylic acids is 1. The highest BCUT2D eigenvalue weighted by molar-refractivity contribution is 9.10. The van der Waals surface area contributed by atoms with Gasteiger partial charge in [-0.05, 0) is 28.9 Å². The summed E-state index contributed by atoms with van der Waals surface area (Å²) in [6.07, 6.45) is 0.693. The van der Waals surface area contributed by atoms with Crippen molar-refractivity contribution in [3.63, 3.8) is 0 Å². The second kappa shape index (κ2) is 6.69. The molecule has 1 N–H and O–H groups in total. The van der Waals surface area contributed by atoms with E-state index in [-0.39, 0.29) is 5.56 Å². The van der Waals surface area contributed by atoms with Gasteiger partial charge in [-0.3, -0.25) is 0 Å². The number of rotatable bonds is 5. The Morgan fingerprint density at radius 1 is 1.50 bits per heavy atom. The van der Waals surface area contributed by atoms with E-state index in [0.717, 1.165) is 4.47 Å². The number of halogens is 1. The average molecular weight is 373 g/mol. The van der Waals surface area contributed by atoms with E-state index in [1.165, 1.54) is 16.6 Å². The van der Waals surface area contributed by atoms with Crippen LogP contribution in [-0.2, 0) is 12.2 Å². The van der Waals surface area contributed by atoms with Gasteiger partial charge in [0.2, 0.25) is 0 Å². The van der Waals surface area contributed by atoms with Crippen molar-refractivity contribution in [3.8, 4) is 0 Å². The molecule has 0 fully saturated rings. The number of carbonyl (C=O) groups is 1. The van der Waals surface area contributed by atoms with E-state index in [4.69, 9.17) is 0 Å². The molecule has 0 aliphatic carbocycles. The lowest BCUT2D eigenvalue weighted by Gasteiger charge is -2.08. The SMILES string of the molecule is CCc1nc(C)c(C(=O)O)c(SCc2cc(Br)cs2)n1. The molecule has 0 atom stereocenters. The summed E-state index contributed by atoms with van der Waals surface area (Å²) >= 11 is 6.49. The normalized spacial score (nSPS) is 10.8. The number of aryl methyl sites for hydroxylation is 2. The third-order valence-electron chi connectivity index (χ3n) is 2.61. The first kappa shape index (κ1) is 15.5. The maximum Gasteiger partial charge on any atom is 0.340 e. The molecule has 2 heterocycles. The summed E-state index contributed by atoms with van der Waals surface area (Å²) in [5.41, 5.74) is 0.738. The molecule has 4 nitrogen and oxygen atoms in total. The molecule has 2 rings (SSSR count). The zero-order valence-corrected chi connectivity index (χ0v) is 14.2. The van der Waals surface area contributed by atoms with Gasteiger partial charge in [0, 0.05) is 26.9 Å². The molecular weight excluding hydrogens is 360 g/mol. The molecule has 0 saturated heterocycles. The van der Waals surface area contributed by atoms with Gasteiger partial charge in [-0.1, -0.05) is 18.7 Å². The number of nitrogens with zero attached hydrogens (tertiary/aromatic N) is 2. The fourth-order valence-electron chi connectivity index (χ4n) is 1.68. The summed E-state index contributed by atoms with van der Waals surface area (Å²) < 4.78 is 1.05. The van der Waals surface area contributed by atoms with Crippen molar-refractivity contribution in [1.29, 1.82) is 0 Å².